The number of hydrogen-bond donors (Lipinski definition) is 1. The Morgan fingerprint density at radius 3 is 2.86 bits per heavy atom. The van der Waals surface area contributed by atoms with Crippen LogP contribution in [0.1, 0.15) is 5.56 Å². The Kier molecular flexibility index (Phi) is 3.31. The quantitative estimate of drug-likeness (QED) is 0.797. The molecule has 5 heteroatoms. The molecule has 0 aliphatic carbocycles. The molecule has 0 saturated carbocycles. The fourth-order valence-electron chi connectivity index (χ4n) is 2.30. The second kappa shape index (κ2) is 5.28. The Hall–Kier alpha value is -2.82. The van der Waals surface area contributed by atoms with Crippen LogP contribution in [0.25, 0.3) is 22.4 Å². The van der Waals surface area contributed by atoms with E-state index < -0.39 is 0 Å². The van der Waals surface area contributed by atoms with Crippen LogP contribution in [0.5, 0.6) is 5.75 Å². The lowest BCUT2D eigenvalue weighted by atomic mass is 10.00. The van der Waals surface area contributed by atoms with Crippen molar-refractivity contribution in [3.63, 3.8) is 0 Å². The molecular weight excluding hydrogens is 266 g/mol. The van der Waals surface area contributed by atoms with Crippen LogP contribution in [0.3, 0.4) is 0 Å². The number of benzene rings is 1. The Labute approximate surface area is 122 Å². The van der Waals surface area contributed by atoms with E-state index in [1.54, 1.807) is 19.5 Å². The van der Waals surface area contributed by atoms with Gasteiger partial charge in [-0.2, -0.15) is 0 Å². The molecule has 0 aliphatic heterocycles. The Morgan fingerprint density at radius 1 is 1.24 bits per heavy atom. The van der Waals surface area contributed by atoms with Gasteiger partial charge in [-0.1, -0.05) is 35.0 Å². The molecule has 0 spiro atoms. The van der Waals surface area contributed by atoms with E-state index >= 15 is 0 Å². The van der Waals surface area contributed by atoms with E-state index in [-0.39, 0.29) is 5.88 Å². The molecule has 3 rings (SSSR count). The number of methoxy groups -OCH3 is 1. The van der Waals surface area contributed by atoms with Crippen LogP contribution in [-0.4, -0.2) is 17.3 Å². The summed E-state index contributed by atoms with van der Waals surface area (Å²) in [4.78, 5) is 4.05. The summed E-state index contributed by atoms with van der Waals surface area (Å²) in [6.45, 7) is 2.03. The molecule has 0 unspecified atom stereocenters. The van der Waals surface area contributed by atoms with E-state index in [1.807, 2.05) is 37.3 Å². The molecule has 0 saturated heterocycles. The minimum atomic E-state index is 0.287. The van der Waals surface area contributed by atoms with Gasteiger partial charge in [0.2, 0.25) is 5.88 Å². The maximum Gasteiger partial charge on any atom is 0.230 e. The van der Waals surface area contributed by atoms with Crippen molar-refractivity contribution in [2.24, 2.45) is 0 Å². The third-order valence-corrected chi connectivity index (χ3v) is 3.28. The number of nitrogens with two attached hydrogens (primary N) is 1. The normalized spacial score (nSPS) is 10.6. The molecule has 0 aliphatic rings. The van der Waals surface area contributed by atoms with Crippen molar-refractivity contribution in [3.8, 4) is 28.1 Å². The minimum absolute atomic E-state index is 0.287. The first-order valence-electron chi connectivity index (χ1n) is 6.51. The van der Waals surface area contributed by atoms with Crippen molar-refractivity contribution < 1.29 is 9.26 Å². The van der Waals surface area contributed by atoms with Crippen molar-refractivity contribution in [2.45, 2.75) is 6.92 Å². The van der Waals surface area contributed by atoms with Gasteiger partial charge in [0.25, 0.3) is 0 Å². The second-order valence-corrected chi connectivity index (χ2v) is 4.72. The molecular formula is C16H15N3O2. The predicted octanol–water partition coefficient (Wildman–Crippen LogP) is 3.30. The highest BCUT2D eigenvalue weighted by Crippen LogP contribution is 2.39. The van der Waals surface area contributed by atoms with Gasteiger partial charge in [-0.25, -0.2) is 0 Å². The van der Waals surface area contributed by atoms with Crippen molar-refractivity contribution in [1.29, 1.82) is 0 Å². The van der Waals surface area contributed by atoms with Gasteiger partial charge in [-0.3, -0.25) is 4.98 Å². The Morgan fingerprint density at radius 2 is 2.10 bits per heavy atom. The summed E-state index contributed by atoms with van der Waals surface area (Å²) in [7, 11) is 1.59. The van der Waals surface area contributed by atoms with Gasteiger partial charge in [0, 0.05) is 11.8 Å². The molecule has 2 N–H and O–H groups in total. The zero-order chi connectivity index (χ0) is 14.8. The first-order chi connectivity index (χ1) is 10.2. The summed E-state index contributed by atoms with van der Waals surface area (Å²) in [6, 6.07) is 9.85. The molecule has 0 radical (unpaired) electrons. The zero-order valence-electron chi connectivity index (χ0n) is 11.8. The molecule has 2 heterocycles. The van der Waals surface area contributed by atoms with Crippen LogP contribution in [-0.2, 0) is 0 Å². The lowest BCUT2D eigenvalue weighted by molar-refractivity contribution is 0.412. The molecule has 106 valence electrons. The minimum Gasteiger partial charge on any atom is -0.494 e. The second-order valence-electron chi connectivity index (χ2n) is 4.72. The van der Waals surface area contributed by atoms with E-state index in [0.29, 0.717) is 11.4 Å². The van der Waals surface area contributed by atoms with Gasteiger partial charge < -0.3 is 15.0 Å². The number of anilines is 1. The number of aryl methyl sites for hydroxylation is 1. The van der Waals surface area contributed by atoms with Gasteiger partial charge in [0.1, 0.15) is 11.4 Å². The third-order valence-electron chi connectivity index (χ3n) is 3.28. The van der Waals surface area contributed by atoms with Crippen LogP contribution in [0.15, 0.2) is 47.2 Å². The Bertz CT molecular complexity index is 781. The molecule has 2 aromatic heterocycles. The number of pyridine rings is 1. The first-order valence-corrected chi connectivity index (χ1v) is 6.51. The SMILES string of the molecule is COc1cnccc1-c1noc(N)c1-c1cccc(C)c1. The Balaban J connectivity index is 2.22. The predicted molar refractivity (Wildman–Crippen MR) is 80.9 cm³/mol. The van der Waals surface area contributed by atoms with Crippen LogP contribution in [0.4, 0.5) is 5.88 Å². The highest BCUT2D eigenvalue weighted by molar-refractivity contribution is 5.88. The topological polar surface area (TPSA) is 74.2 Å². The van der Waals surface area contributed by atoms with Crippen LogP contribution in [0, 0.1) is 6.92 Å². The molecule has 0 amide bonds. The summed E-state index contributed by atoms with van der Waals surface area (Å²) in [5.74, 6) is 0.911. The largest absolute Gasteiger partial charge is 0.494 e. The number of nitrogen functional groups attached to an aromatic ring is 1. The maximum absolute atomic E-state index is 5.97. The van der Waals surface area contributed by atoms with Crippen molar-refractivity contribution >= 4 is 5.88 Å². The van der Waals surface area contributed by atoms with Gasteiger partial charge >= 0.3 is 0 Å². The van der Waals surface area contributed by atoms with Gasteiger partial charge in [-0.15, -0.1) is 0 Å². The van der Waals surface area contributed by atoms with Crippen LogP contribution < -0.4 is 10.5 Å². The van der Waals surface area contributed by atoms with E-state index in [0.717, 1.165) is 22.3 Å². The lowest BCUT2D eigenvalue weighted by Crippen LogP contribution is -1.92. The summed E-state index contributed by atoms with van der Waals surface area (Å²) in [5, 5.41) is 4.09. The average molecular weight is 281 g/mol. The van der Waals surface area contributed by atoms with E-state index in [2.05, 4.69) is 10.1 Å². The highest BCUT2D eigenvalue weighted by Gasteiger charge is 2.20. The van der Waals surface area contributed by atoms with E-state index in [9.17, 15) is 0 Å². The molecule has 1 aromatic carbocycles. The van der Waals surface area contributed by atoms with E-state index in [1.165, 1.54) is 0 Å². The fraction of sp³-hybridized carbons (Fsp3) is 0.125. The van der Waals surface area contributed by atoms with Gasteiger partial charge in [0.15, 0.2) is 0 Å². The molecule has 5 nitrogen and oxygen atoms in total. The zero-order valence-corrected chi connectivity index (χ0v) is 11.8. The number of nitrogens with zero attached hydrogens (tertiary/aromatic N) is 2. The summed E-state index contributed by atoms with van der Waals surface area (Å²) < 4.78 is 10.5. The van der Waals surface area contributed by atoms with Gasteiger partial charge in [-0.05, 0) is 18.6 Å². The number of hydrogen-bond acceptors (Lipinski definition) is 5. The molecule has 0 fully saturated rings. The van der Waals surface area contributed by atoms with Crippen LogP contribution in [0.2, 0.25) is 0 Å². The average Bonchev–Trinajstić information content (AvgIpc) is 2.88. The maximum atomic E-state index is 5.97. The molecule has 0 atom stereocenters. The first kappa shape index (κ1) is 13.2. The monoisotopic (exact) mass is 281 g/mol. The summed E-state index contributed by atoms with van der Waals surface area (Å²) in [5.41, 5.74) is 10.3. The number of rotatable bonds is 3. The van der Waals surface area contributed by atoms with Crippen molar-refractivity contribution in [2.75, 3.05) is 12.8 Å². The molecule has 0 bridgehead atoms. The third kappa shape index (κ3) is 2.33. The van der Waals surface area contributed by atoms with Crippen molar-refractivity contribution in [1.82, 2.24) is 10.1 Å². The number of aromatic nitrogens is 2. The van der Waals surface area contributed by atoms with E-state index in [4.69, 9.17) is 15.0 Å². The highest BCUT2D eigenvalue weighted by atomic mass is 16.5. The molecule has 3 aromatic rings. The summed E-state index contributed by atoms with van der Waals surface area (Å²) in [6.07, 6.45) is 3.32. The standard InChI is InChI=1S/C16H15N3O2/c1-10-4-3-5-11(8-10)14-15(19-21-16(14)17)12-6-7-18-9-13(12)20-2/h3-9H,17H2,1-2H3. The van der Waals surface area contributed by atoms with Crippen LogP contribution >= 0.6 is 0 Å². The fourth-order valence-corrected chi connectivity index (χ4v) is 2.30. The van der Waals surface area contributed by atoms with Crippen molar-refractivity contribution in [3.05, 3.63) is 48.3 Å². The molecule has 21 heavy (non-hydrogen) atoms. The van der Waals surface area contributed by atoms with Gasteiger partial charge in [0.05, 0.1) is 18.9 Å². The lowest BCUT2D eigenvalue weighted by Gasteiger charge is -2.07. The number of ether oxygens (including phenoxy) is 1. The summed E-state index contributed by atoms with van der Waals surface area (Å²) >= 11 is 0. The smallest absolute Gasteiger partial charge is 0.230 e.